The molecule has 1 unspecified atom stereocenters. The monoisotopic (exact) mass is 288 g/mol. The van der Waals surface area contributed by atoms with Gasteiger partial charge < -0.3 is 14.4 Å². The Morgan fingerprint density at radius 1 is 1.38 bits per heavy atom. The van der Waals surface area contributed by atoms with Crippen molar-refractivity contribution in [3.63, 3.8) is 0 Å². The smallest absolute Gasteiger partial charge is 0.323 e. The lowest BCUT2D eigenvalue weighted by atomic mass is 10.0. The van der Waals surface area contributed by atoms with Gasteiger partial charge in [0.25, 0.3) is 0 Å². The topological polar surface area (TPSA) is 64.3 Å². The number of carbonyl (C=O) groups is 1. The summed E-state index contributed by atoms with van der Waals surface area (Å²) in [6.45, 7) is 0.803. The number of aryl methyl sites for hydroxylation is 1. The van der Waals surface area contributed by atoms with Gasteiger partial charge in [0.1, 0.15) is 12.4 Å². The number of carboxylic acids is 1. The second-order valence-electron chi connectivity index (χ2n) is 5.52. The lowest BCUT2D eigenvalue weighted by Crippen LogP contribution is -2.20. The van der Waals surface area contributed by atoms with Gasteiger partial charge in [-0.25, -0.2) is 4.98 Å². The van der Waals surface area contributed by atoms with Crippen LogP contribution in [0.3, 0.4) is 0 Å². The second-order valence-corrected chi connectivity index (χ2v) is 5.52. The number of carboxylic acid groups (broad SMARTS) is 1. The summed E-state index contributed by atoms with van der Waals surface area (Å²) < 4.78 is 7.55. The summed E-state index contributed by atoms with van der Waals surface area (Å²) in [7, 11) is 0. The third kappa shape index (κ3) is 3.24. The largest absolute Gasteiger partial charge is 0.480 e. The van der Waals surface area contributed by atoms with Crippen LogP contribution < -0.4 is 0 Å². The molecule has 112 valence electrons. The van der Waals surface area contributed by atoms with E-state index >= 15 is 0 Å². The molecule has 0 amide bonds. The Bertz CT molecular complexity index is 629. The number of nitrogens with zero attached hydrogens (tertiary/aromatic N) is 2. The lowest BCUT2D eigenvalue weighted by Gasteiger charge is -2.22. The highest BCUT2D eigenvalue weighted by molar-refractivity contribution is 5.78. The van der Waals surface area contributed by atoms with Gasteiger partial charge in [0.05, 0.1) is 17.1 Å². The molecule has 5 heteroatoms. The Morgan fingerprint density at radius 2 is 2.24 bits per heavy atom. The van der Waals surface area contributed by atoms with Gasteiger partial charge in [-0.1, -0.05) is 12.1 Å². The molecule has 1 fully saturated rings. The minimum atomic E-state index is -0.840. The summed E-state index contributed by atoms with van der Waals surface area (Å²) >= 11 is 0. The molecule has 1 aromatic carbocycles. The van der Waals surface area contributed by atoms with Crippen LogP contribution in [-0.4, -0.2) is 33.3 Å². The molecular formula is C16H20N2O3. The maximum atomic E-state index is 11.1. The van der Waals surface area contributed by atoms with Crippen molar-refractivity contribution in [3.8, 4) is 0 Å². The van der Waals surface area contributed by atoms with Crippen LogP contribution in [0.5, 0.6) is 0 Å². The predicted molar refractivity (Wildman–Crippen MR) is 79.3 cm³/mol. The maximum absolute atomic E-state index is 11.1. The van der Waals surface area contributed by atoms with Gasteiger partial charge in [-0.15, -0.1) is 0 Å². The average Bonchev–Trinajstić information content (AvgIpc) is 2.84. The molecule has 1 aliphatic rings. The molecule has 1 aliphatic heterocycles. The first-order chi connectivity index (χ1) is 10.2. The zero-order valence-electron chi connectivity index (χ0n) is 12.0. The SMILES string of the molecule is O=C(O)Cn1c(CCC2CCCCO2)nc2ccccc21. The maximum Gasteiger partial charge on any atom is 0.323 e. The van der Waals surface area contributed by atoms with Gasteiger partial charge in [-0.3, -0.25) is 4.79 Å². The number of aromatic nitrogens is 2. The number of fused-ring (bicyclic) bond motifs is 1. The first-order valence-corrected chi connectivity index (χ1v) is 7.51. The number of ether oxygens (including phenoxy) is 1. The van der Waals surface area contributed by atoms with Gasteiger partial charge in [0.2, 0.25) is 0 Å². The van der Waals surface area contributed by atoms with Crippen molar-refractivity contribution in [1.82, 2.24) is 9.55 Å². The van der Waals surface area contributed by atoms with Crippen molar-refractivity contribution in [2.75, 3.05) is 6.61 Å². The van der Waals surface area contributed by atoms with E-state index in [0.717, 1.165) is 49.1 Å². The Kier molecular flexibility index (Phi) is 4.20. The number of benzene rings is 1. The van der Waals surface area contributed by atoms with Crippen molar-refractivity contribution < 1.29 is 14.6 Å². The van der Waals surface area contributed by atoms with E-state index in [2.05, 4.69) is 4.98 Å². The van der Waals surface area contributed by atoms with Crippen molar-refractivity contribution in [2.24, 2.45) is 0 Å². The molecule has 2 heterocycles. The summed E-state index contributed by atoms with van der Waals surface area (Å²) in [5, 5.41) is 9.11. The molecule has 0 radical (unpaired) electrons. The average molecular weight is 288 g/mol. The molecule has 2 aromatic rings. The summed E-state index contributed by atoms with van der Waals surface area (Å²) in [6, 6.07) is 7.69. The Morgan fingerprint density at radius 3 is 3.00 bits per heavy atom. The molecule has 1 aromatic heterocycles. The second kappa shape index (κ2) is 6.26. The van der Waals surface area contributed by atoms with E-state index in [4.69, 9.17) is 9.84 Å². The van der Waals surface area contributed by atoms with E-state index in [1.165, 1.54) is 6.42 Å². The van der Waals surface area contributed by atoms with E-state index in [1.54, 1.807) is 4.57 Å². The van der Waals surface area contributed by atoms with Gasteiger partial charge in [-0.05, 0) is 37.8 Å². The fourth-order valence-electron chi connectivity index (χ4n) is 2.95. The summed E-state index contributed by atoms with van der Waals surface area (Å²) in [4.78, 5) is 15.7. The van der Waals surface area contributed by atoms with Crippen molar-refractivity contribution in [3.05, 3.63) is 30.1 Å². The summed E-state index contributed by atoms with van der Waals surface area (Å²) in [5.74, 6) is 0.00101. The fraction of sp³-hybridized carbons (Fsp3) is 0.500. The van der Waals surface area contributed by atoms with Crippen LogP contribution in [-0.2, 0) is 22.5 Å². The first kappa shape index (κ1) is 14.1. The van der Waals surface area contributed by atoms with Crippen molar-refractivity contribution >= 4 is 17.0 Å². The van der Waals surface area contributed by atoms with E-state index in [-0.39, 0.29) is 12.6 Å². The Labute approximate surface area is 123 Å². The number of aliphatic carboxylic acids is 1. The van der Waals surface area contributed by atoms with Gasteiger partial charge in [-0.2, -0.15) is 0 Å². The van der Waals surface area contributed by atoms with Crippen LogP contribution in [0.4, 0.5) is 0 Å². The van der Waals surface area contributed by atoms with Gasteiger partial charge >= 0.3 is 5.97 Å². The molecule has 0 bridgehead atoms. The predicted octanol–water partition coefficient (Wildman–Crippen LogP) is 2.62. The van der Waals surface area contributed by atoms with Crippen LogP contribution in [0.2, 0.25) is 0 Å². The van der Waals surface area contributed by atoms with Crippen LogP contribution in [0.25, 0.3) is 11.0 Å². The molecule has 3 rings (SSSR count). The molecule has 21 heavy (non-hydrogen) atoms. The zero-order chi connectivity index (χ0) is 14.7. The van der Waals surface area contributed by atoms with Crippen LogP contribution in [0.15, 0.2) is 24.3 Å². The van der Waals surface area contributed by atoms with Crippen LogP contribution in [0.1, 0.15) is 31.5 Å². The number of imidazole rings is 1. The van der Waals surface area contributed by atoms with Gasteiger partial charge in [0, 0.05) is 13.0 Å². The van der Waals surface area contributed by atoms with E-state index in [9.17, 15) is 4.79 Å². The minimum absolute atomic E-state index is 0.0403. The number of rotatable bonds is 5. The van der Waals surface area contributed by atoms with Crippen LogP contribution in [0, 0.1) is 0 Å². The quantitative estimate of drug-likeness (QED) is 0.918. The molecule has 1 atom stereocenters. The lowest BCUT2D eigenvalue weighted by molar-refractivity contribution is -0.137. The molecule has 1 N–H and O–H groups in total. The molecule has 5 nitrogen and oxygen atoms in total. The normalized spacial score (nSPS) is 19.0. The van der Waals surface area contributed by atoms with E-state index in [0.29, 0.717) is 0 Å². The highest BCUT2D eigenvalue weighted by Crippen LogP contribution is 2.21. The zero-order valence-corrected chi connectivity index (χ0v) is 12.0. The van der Waals surface area contributed by atoms with Crippen molar-refractivity contribution in [2.45, 2.75) is 44.8 Å². The van der Waals surface area contributed by atoms with Crippen molar-refractivity contribution in [1.29, 1.82) is 0 Å². The molecule has 1 saturated heterocycles. The highest BCUT2D eigenvalue weighted by atomic mass is 16.5. The third-order valence-electron chi connectivity index (χ3n) is 3.99. The minimum Gasteiger partial charge on any atom is -0.480 e. The van der Waals surface area contributed by atoms with E-state index in [1.807, 2.05) is 24.3 Å². The number of hydrogen-bond acceptors (Lipinski definition) is 3. The molecule has 0 saturated carbocycles. The standard InChI is InChI=1S/C16H20N2O3/c19-16(20)11-18-14-7-2-1-6-13(14)17-15(18)9-8-12-5-3-4-10-21-12/h1-2,6-7,12H,3-5,8-11H2,(H,19,20). The first-order valence-electron chi connectivity index (χ1n) is 7.51. The molecular weight excluding hydrogens is 268 g/mol. The molecule has 0 aliphatic carbocycles. The van der Waals surface area contributed by atoms with E-state index < -0.39 is 5.97 Å². The molecule has 0 spiro atoms. The third-order valence-corrected chi connectivity index (χ3v) is 3.99. The number of para-hydroxylation sites is 2. The van der Waals surface area contributed by atoms with Crippen LogP contribution >= 0.6 is 0 Å². The highest BCUT2D eigenvalue weighted by Gasteiger charge is 2.17. The summed E-state index contributed by atoms with van der Waals surface area (Å²) in [6.07, 6.45) is 5.41. The Balaban J connectivity index is 1.80. The van der Waals surface area contributed by atoms with Gasteiger partial charge in [0.15, 0.2) is 0 Å². The number of hydrogen-bond donors (Lipinski definition) is 1. The fourth-order valence-corrected chi connectivity index (χ4v) is 2.95. The summed E-state index contributed by atoms with van der Waals surface area (Å²) in [5.41, 5.74) is 1.75. The Hall–Kier alpha value is -1.88.